The molecule has 1 aromatic rings. The molecule has 1 N–H and O–H groups in total. The highest BCUT2D eigenvalue weighted by atomic mass is 79.9. The van der Waals surface area contributed by atoms with Gasteiger partial charge in [-0.1, -0.05) is 36.7 Å². The van der Waals surface area contributed by atoms with Crippen molar-refractivity contribution in [2.45, 2.75) is 40.0 Å². The van der Waals surface area contributed by atoms with Gasteiger partial charge in [0.2, 0.25) is 0 Å². The molecule has 1 amide bonds. The molecule has 0 saturated heterocycles. The van der Waals surface area contributed by atoms with E-state index in [2.05, 4.69) is 40.2 Å². The van der Waals surface area contributed by atoms with Crippen molar-refractivity contribution in [3.05, 3.63) is 17.5 Å². The molecule has 0 aromatic carbocycles. The molecule has 0 aliphatic rings. The minimum atomic E-state index is -0.0168. The first-order chi connectivity index (χ1) is 8.89. The van der Waals surface area contributed by atoms with Gasteiger partial charge in [0, 0.05) is 25.1 Å². The SMILES string of the molecule is CCc1nn(C)cc1C(=O)NCC(C)(C)CCCBr. The lowest BCUT2D eigenvalue weighted by molar-refractivity contribution is 0.0933. The Morgan fingerprint density at radius 3 is 2.79 bits per heavy atom. The summed E-state index contributed by atoms with van der Waals surface area (Å²) in [7, 11) is 1.84. The Labute approximate surface area is 124 Å². The molecule has 19 heavy (non-hydrogen) atoms. The zero-order valence-corrected chi connectivity index (χ0v) is 13.9. The van der Waals surface area contributed by atoms with Crippen LogP contribution in [-0.2, 0) is 13.5 Å². The van der Waals surface area contributed by atoms with E-state index in [1.54, 1.807) is 10.9 Å². The standard InChI is InChI=1S/C14H24BrN3O/c1-5-12-11(9-18(4)17-12)13(19)16-10-14(2,3)7-6-8-15/h9H,5-8,10H2,1-4H3,(H,16,19). The molecule has 1 heterocycles. The van der Waals surface area contributed by atoms with E-state index in [0.717, 1.165) is 30.3 Å². The number of hydrogen-bond donors (Lipinski definition) is 1. The van der Waals surface area contributed by atoms with Gasteiger partial charge < -0.3 is 5.32 Å². The smallest absolute Gasteiger partial charge is 0.254 e. The summed E-state index contributed by atoms with van der Waals surface area (Å²) >= 11 is 3.44. The van der Waals surface area contributed by atoms with Crippen LogP contribution in [-0.4, -0.2) is 27.6 Å². The van der Waals surface area contributed by atoms with Crippen molar-refractivity contribution in [3.63, 3.8) is 0 Å². The molecule has 0 aliphatic carbocycles. The van der Waals surface area contributed by atoms with Gasteiger partial charge in [0.25, 0.3) is 5.91 Å². The van der Waals surface area contributed by atoms with Crippen molar-refractivity contribution in [2.24, 2.45) is 12.5 Å². The van der Waals surface area contributed by atoms with E-state index < -0.39 is 0 Å². The number of nitrogens with zero attached hydrogens (tertiary/aromatic N) is 2. The Hall–Kier alpha value is -0.840. The molecule has 0 fully saturated rings. The molecule has 0 spiro atoms. The van der Waals surface area contributed by atoms with E-state index in [0.29, 0.717) is 12.1 Å². The Morgan fingerprint density at radius 1 is 1.53 bits per heavy atom. The predicted octanol–water partition coefficient (Wildman–Crippen LogP) is 2.91. The average Bonchev–Trinajstić information content (AvgIpc) is 2.75. The molecule has 4 nitrogen and oxygen atoms in total. The van der Waals surface area contributed by atoms with Crippen LogP contribution in [0.3, 0.4) is 0 Å². The molecule has 1 rings (SSSR count). The normalized spacial score (nSPS) is 11.6. The van der Waals surface area contributed by atoms with Crippen molar-refractivity contribution >= 4 is 21.8 Å². The summed E-state index contributed by atoms with van der Waals surface area (Å²) in [4.78, 5) is 12.2. The van der Waals surface area contributed by atoms with Gasteiger partial charge >= 0.3 is 0 Å². The van der Waals surface area contributed by atoms with Gasteiger partial charge in [-0.05, 0) is 24.7 Å². The number of carbonyl (C=O) groups is 1. The first-order valence-electron chi connectivity index (χ1n) is 6.76. The number of aryl methyl sites for hydroxylation is 2. The van der Waals surface area contributed by atoms with Crippen molar-refractivity contribution < 1.29 is 4.79 Å². The number of hydrogen-bond acceptors (Lipinski definition) is 2. The number of nitrogens with one attached hydrogen (secondary N) is 1. The van der Waals surface area contributed by atoms with Crippen LogP contribution in [0, 0.1) is 5.41 Å². The zero-order valence-electron chi connectivity index (χ0n) is 12.3. The van der Waals surface area contributed by atoms with Crippen molar-refractivity contribution in [2.75, 3.05) is 11.9 Å². The summed E-state index contributed by atoms with van der Waals surface area (Å²) in [6, 6.07) is 0. The summed E-state index contributed by atoms with van der Waals surface area (Å²) in [5.41, 5.74) is 1.68. The number of aromatic nitrogens is 2. The first kappa shape index (κ1) is 16.2. The lowest BCUT2D eigenvalue weighted by Crippen LogP contribution is -2.34. The molecule has 0 saturated carbocycles. The van der Waals surface area contributed by atoms with Crippen molar-refractivity contribution in [1.29, 1.82) is 0 Å². The second kappa shape index (κ2) is 7.08. The van der Waals surface area contributed by atoms with Gasteiger partial charge in [-0.3, -0.25) is 9.48 Å². The molecular formula is C14H24BrN3O. The van der Waals surface area contributed by atoms with Crippen molar-refractivity contribution in [1.82, 2.24) is 15.1 Å². The molecule has 0 aliphatic heterocycles. The monoisotopic (exact) mass is 329 g/mol. The Bertz CT molecular complexity index is 426. The molecule has 0 bridgehead atoms. The van der Waals surface area contributed by atoms with Crippen LogP contribution in [0.15, 0.2) is 6.20 Å². The van der Waals surface area contributed by atoms with Gasteiger partial charge in [-0.15, -0.1) is 0 Å². The molecule has 5 heteroatoms. The highest BCUT2D eigenvalue weighted by molar-refractivity contribution is 9.09. The van der Waals surface area contributed by atoms with Crippen LogP contribution in [0.25, 0.3) is 0 Å². The van der Waals surface area contributed by atoms with E-state index in [4.69, 9.17) is 0 Å². The van der Waals surface area contributed by atoms with Crippen LogP contribution < -0.4 is 5.32 Å². The fourth-order valence-corrected chi connectivity index (χ4v) is 2.31. The van der Waals surface area contributed by atoms with Gasteiger partial charge in [0.05, 0.1) is 11.3 Å². The molecule has 0 atom stereocenters. The minimum Gasteiger partial charge on any atom is -0.351 e. The quantitative estimate of drug-likeness (QED) is 0.782. The van der Waals surface area contributed by atoms with Gasteiger partial charge in [-0.2, -0.15) is 5.10 Å². The maximum absolute atomic E-state index is 12.2. The van der Waals surface area contributed by atoms with E-state index in [9.17, 15) is 4.79 Å². The highest BCUT2D eigenvalue weighted by Crippen LogP contribution is 2.21. The van der Waals surface area contributed by atoms with E-state index in [1.165, 1.54) is 0 Å². The number of carbonyl (C=O) groups excluding carboxylic acids is 1. The Kier molecular flexibility index (Phi) is 6.04. The second-order valence-electron chi connectivity index (χ2n) is 5.66. The highest BCUT2D eigenvalue weighted by Gasteiger charge is 2.20. The molecule has 0 radical (unpaired) electrons. The lowest BCUT2D eigenvalue weighted by Gasteiger charge is -2.24. The number of amides is 1. The summed E-state index contributed by atoms with van der Waals surface area (Å²) in [5.74, 6) is -0.0168. The third-order valence-corrected chi connectivity index (χ3v) is 3.76. The third-order valence-electron chi connectivity index (χ3n) is 3.20. The summed E-state index contributed by atoms with van der Waals surface area (Å²) in [6.07, 6.45) is 4.78. The third kappa shape index (κ3) is 4.97. The van der Waals surface area contributed by atoms with Crippen LogP contribution in [0.1, 0.15) is 49.7 Å². The average molecular weight is 330 g/mol. The van der Waals surface area contributed by atoms with Gasteiger partial charge in [0.1, 0.15) is 0 Å². The van der Waals surface area contributed by atoms with Gasteiger partial charge in [-0.25, -0.2) is 0 Å². The maximum atomic E-state index is 12.2. The van der Waals surface area contributed by atoms with Crippen LogP contribution >= 0.6 is 15.9 Å². The summed E-state index contributed by atoms with van der Waals surface area (Å²) in [6.45, 7) is 7.07. The van der Waals surface area contributed by atoms with E-state index in [1.807, 2.05) is 14.0 Å². The largest absolute Gasteiger partial charge is 0.351 e. The molecule has 108 valence electrons. The maximum Gasteiger partial charge on any atom is 0.254 e. The van der Waals surface area contributed by atoms with Crippen LogP contribution in [0.5, 0.6) is 0 Å². The minimum absolute atomic E-state index is 0.0168. The summed E-state index contributed by atoms with van der Waals surface area (Å²) in [5, 5.41) is 8.33. The zero-order chi connectivity index (χ0) is 14.5. The number of alkyl halides is 1. The number of rotatable bonds is 7. The fourth-order valence-electron chi connectivity index (χ4n) is 2.03. The first-order valence-corrected chi connectivity index (χ1v) is 7.88. The Balaban J connectivity index is 2.60. The summed E-state index contributed by atoms with van der Waals surface area (Å²) < 4.78 is 1.70. The molecule has 1 aromatic heterocycles. The van der Waals surface area contributed by atoms with E-state index in [-0.39, 0.29) is 11.3 Å². The molecule has 0 unspecified atom stereocenters. The number of halogens is 1. The fraction of sp³-hybridized carbons (Fsp3) is 0.714. The van der Waals surface area contributed by atoms with Crippen LogP contribution in [0.2, 0.25) is 0 Å². The van der Waals surface area contributed by atoms with Crippen LogP contribution in [0.4, 0.5) is 0 Å². The lowest BCUT2D eigenvalue weighted by atomic mass is 9.88. The molecular weight excluding hydrogens is 306 g/mol. The van der Waals surface area contributed by atoms with Gasteiger partial charge in [0.15, 0.2) is 0 Å². The predicted molar refractivity (Wildman–Crippen MR) is 81.7 cm³/mol. The topological polar surface area (TPSA) is 46.9 Å². The Morgan fingerprint density at radius 2 is 2.21 bits per heavy atom. The van der Waals surface area contributed by atoms with Crippen molar-refractivity contribution in [3.8, 4) is 0 Å². The second-order valence-corrected chi connectivity index (χ2v) is 6.45. The van der Waals surface area contributed by atoms with E-state index >= 15 is 0 Å².